The van der Waals surface area contributed by atoms with Gasteiger partial charge in [0.25, 0.3) is 5.91 Å². The Balaban J connectivity index is 1.97. The molecule has 1 aromatic rings. The monoisotopic (exact) mass is 388 g/mol. The first kappa shape index (κ1) is 15.2. The number of carbonyl (C=O) groups is 2. The highest BCUT2D eigenvalue weighted by Gasteiger charge is 2.21. The lowest BCUT2D eigenvalue weighted by molar-refractivity contribution is -0.138. The van der Waals surface area contributed by atoms with Crippen LogP contribution in [0.5, 0.6) is 0 Å². The van der Waals surface area contributed by atoms with Crippen molar-refractivity contribution >= 4 is 34.5 Å². The highest BCUT2D eigenvalue weighted by atomic mass is 127. The van der Waals surface area contributed by atoms with Gasteiger partial charge in [-0.15, -0.1) is 0 Å². The Morgan fingerprint density at radius 1 is 1.10 bits per heavy atom. The zero-order chi connectivity index (χ0) is 14.5. The van der Waals surface area contributed by atoms with Gasteiger partial charge in [0.1, 0.15) is 0 Å². The zero-order valence-electron chi connectivity index (χ0n) is 11.1. The van der Waals surface area contributed by atoms with Gasteiger partial charge < -0.3 is 10.0 Å². The third-order valence-corrected chi connectivity index (χ3v) is 4.04. The van der Waals surface area contributed by atoms with E-state index < -0.39 is 5.97 Å². The summed E-state index contributed by atoms with van der Waals surface area (Å²) in [6.45, 7) is 2.65. The van der Waals surface area contributed by atoms with Gasteiger partial charge in [-0.2, -0.15) is 0 Å². The quantitative estimate of drug-likeness (QED) is 0.798. The largest absolute Gasteiger partial charge is 0.480 e. The molecule has 1 heterocycles. The molecule has 0 radical (unpaired) electrons. The van der Waals surface area contributed by atoms with Gasteiger partial charge in [0.2, 0.25) is 0 Å². The van der Waals surface area contributed by atoms with Crippen LogP contribution in [0.2, 0.25) is 0 Å². The van der Waals surface area contributed by atoms with Crippen molar-refractivity contribution in [1.29, 1.82) is 0 Å². The van der Waals surface area contributed by atoms with Crippen LogP contribution in [0.3, 0.4) is 0 Å². The summed E-state index contributed by atoms with van der Waals surface area (Å²) in [5.74, 6) is -0.791. The summed E-state index contributed by atoms with van der Waals surface area (Å²) in [7, 11) is 0. The molecule has 20 heavy (non-hydrogen) atoms. The molecule has 1 N–H and O–H groups in total. The number of amides is 1. The van der Waals surface area contributed by atoms with Crippen LogP contribution in [0.25, 0.3) is 0 Å². The Labute approximate surface area is 131 Å². The number of rotatable bonds is 3. The summed E-state index contributed by atoms with van der Waals surface area (Å²) >= 11 is 2.21. The Morgan fingerprint density at radius 2 is 1.80 bits per heavy atom. The van der Waals surface area contributed by atoms with Crippen LogP contribution in [0.15, 0.2) is 24.3 Å². The second-order valence-corrected chi connectivity index (χ2v) is 6.07. The van der Waals surface area contributed by atoms with E-state index in [1.807, 2.05) is 34.1 Å². The first-order valence-corrected chi connectivity index (χ1v) is 7.63. The maximum Gasteiger partial charge on any atom is 0.317 e. The van der Waals surface area contributed by atoms with Gasteiger partial charge in [-0.05, 0) is 53.3 Å². The highest BCUT2D eigenvalue weighted by Crippen LogP contribution is 2.11. The van der Waals surface area contributed by atoms with Gasteiger partial charge in [0, 0.05) is 35.3 Å². The molecular formula is C14H17IN2O3. The number of hydrogen-bond acceptors (Lipinski definition) is 3. The summed E-state index contributed by atoms with van der Waals surface area (Å²) in [6.07, 6.45) is 0.809. The van der Waals surface area contributed by atoms with E-state index in [-0.39, 0.29) is 12.5 Å². The molecule has 1 saturated heterocycles. The van der Waals surface area contributed by atoms with Gasteiger partial charge in [-0.25, -0.2) is 0 Å². The van der Waals surface area contributed by atoms with Crippen molar-refractivity contribution in [2.45, 2.75) is 6.42 Å². The average molecular weight is 388 g/mol. The third kappa shape index (κ3) is 4.17. The van der Waals surface area contributed by atoms with Crippen LogP contribution < -0.4 is 0 Å². The minimum absolute atomic E-state index is 0.0265. The number of hydrogen-bond donors (Lipinski definition) is 1. The van der Waals surface area contributed by atoms with Crippen LogP contribution in [0.1, 0.15) is 16.8 Å². The third-order valence-electron chi connectivity index (χ3n) is 3.33. The van der Waals surface area contributed by atoms with Crippen molar-refractivity contribution in [3.63, 3.8) is 0 Å². The average Bonchev–Trinajstić information content (AvgIpc) is 2.64. The number of carbonyl (C=O) groups excluding carboxylic acids is 1. The van der Waals surface area contributed by atoms with Crippen molar-refractivity contribution in [3.8, 4) is 0 Å². The van der Waals surface area contributed by atoms with E-state index in [9.17, 15) is 9.59 Å². The summed E-state index contributed by atoms with van der Waals surface area (Å²) < 4.78 is 1.10. The van der Waals surface area contributed by atoms with E-state index in [4.69, 9.17) is 5.11 Å². The van der Waals surface area contributed by atoms with Crippen molar-refractivity contribution in [2.75, 3.05) is 32.7 Å². The molecule has 1 fully saturated rings. The van der Waals surface area contributed by atoms with Gasteiger partial charge in [-0.1, -0.05) is 0 Å². The second kappa shape index (κ2) is 7.03. The summed E-state index contributed by atoms with van der Waals surface area (Å²) in [5, 5.41) is 8.81. The summed E-state index contributed by atoms with van der Waals surface area (Å²) in [4.78, 5) is 26.8. The molecule has 1 aliphatic heterocycles. The van der Waals surface area contributed by atoms with Crippen molar-refractivity contribution < 1.29 is 14.7 Å². The van der Waals surface area contributed by atoms with E-state index in [0.29, 0.717) is 25.2 Å². The fourth-order valence-electron chi connectivity index (χ4n) is 2.30. The molecule has 0 aromatic heterocycles. The highest BCUT2D eigenvalue weighted by molar-refractivity contribution is 14.1. The van der Waals surface area contributed by atoms with E-state index in [1.165, 1.54) is 0 Å². The molecule has 1 aliphatic rings. The number of nitrogens with zero attached hydrogens (tertiary/aromatic N) is 2. The lowest BCUT2D eigenvalue weighted by Crippen LogP contribution is -2.36. The van der Waals surface area contributed by atoms with Crippen LogP contribution in [0.4, 0.5) is 0 Å². The number of benzene rings is 1. The summed E-state index contributed by atoms with van der Waals surface area (Å²) in [5.41, 5.74) is 0.692. The van der Waals surface area contributed by atoms with Crippen LogP contribution in [-0.4, -0.2) is 59.5 Å². The number of halogens is 1. The maximum absolute atomic E-state index is 12.4. The lowest BCUT2D eigenvalue weighted by atomic mass is 10.2. The Hall–Kier alpha value is -1.15. The Bertz CT molecular complexity index is 490. The second-order valence-electron chi connectivity index (χ2n) is 4.82. The van der Waals surface area contributed by atoms with E-state index in [0.717, 1.165) is 16.5 Å². The van der Waals surface area contributed by atoms with Gasteiger partial charge in [-0.3, -0.25) is 14.5 Å². The molecule has 2 rings (SSSR count). The van der Waals surface area contributed by atoms with E-state index in [2.05, 4.69) is 22.6 Å². The van der Waals surface area contributed by atoms with Gasteiger partial charge in [0.15, 0.2) is 0 Å². The van der Waals surface area contributed by atoms with Crippen molar-refractivity contribution in [3.05, 3.63) is 33.4 Å². The minimum atomic E-state index is -0.817. The predicted molar refractivity (Wildman–Crippen MR) is 83.8 cm³/mol. The smallest absolute Gasteiger partial charge is 0.317 e. The molecule has 5 nitrogen and oxygen atoms in total. The molecule has 0 unspecified atom stereocenters. The molecule has 0 saturated carbocycles. The lowest BCUT2D eigenvalue weighted by Gasteiger charge is -2.21. The number of aliphatic carboxylic acids is 1. The molecule has 0 aliphatic carbocycles. The Kier molecular flexibility index (Phi) is 5.36. The fraction of sp³-hybridized carbons (Fsp3) is 0.429. The van der Waals surface area contributed by atoms with Crippen molar-refractivity contribution in [1.82, 2.24) is 9.80 Å². The number of carboxylic acid groups (broad SMARTS) is 1. The zero-order valence-corrected chi connectivity index (χ0v) is 13.2. The van der Waals surface area contributed by atoms with E-state index >= 15 is 0 Å². The molecule has 1 amide bonds. The molecular weight excluding hydrogens is 371 g/mol. The van der Waals surface area contributed by atoms with Crippen LogP contribution in [-0.2, 0) is 4.79 Å². The number of carboxylic acids is 1. The maximum atomic E-state index is 12.4. The molecule has 0 atom stereocenters. The van der Waals surface area contributed by atoms with E-state index in [1.54, 1.807) is 0 Å². The molecule has 1 aromatic carbocycles. The standard InChI is InChI=1S/C14H17IN2O3/c15-12-4-2-11(3-5-12)14(20)17-7-1-6-16(8-9-17)10-13(18)19/h2-5H,1,6-10H2,(H,18,19). The first-order chi connectivity index (χ1) is 9.56. The molecule has 108 valence electrons. The fourth-order valence-corrected chi connectivity index (χ4v) is 2.66. The normalized spacial score (nSPS) is 16.8. The molecule has 0 bridgehead atoms. The van der Waals surface area contributed by atoms with Gasteiger partial charge in [0.05, 0.1) is 6.54 Å². The Morgan fingerprint density at radius 3 is 2.45 bits per heavy atom. The first-order valence-electron chi connectivity index (χ1n) is 6.55. The van der Waals surface area contributed by atoms with Gasteiger partial charge >= 0.3 is 5.97 Å². The van der Waals surface area contributed by atoms with Crippen LogP contribution in [0, 0.1) is 3.57 Å². The van der Waals surface area contributed by atoms with Crippen molar-refractivity contribution in [2.24, 2.45) is 0 Å². The SMILES string of the molecule is O=C(O)CN1CCCN(C(=O)c2ccc(I)cc2)CC1. The van der Waals surface area contributed by atoms with Crippen LogP contribution >= 0.6 is 22.6 Å². The predicted octanol–water partition coefficient (Wildman–Crippen LogP) is 1.52. The molecule has 0 spiro atoms. The minimum Gasteiger partial charge on any atom is -0.480 e. The topological polar surface area (TPSA) is 60.9 Å². The molecule has 6 heteroatoms. The summed E-state index contributed by atoms with van der Waals surface area (Å²) in [6, 6.07) is 7.51.